The van der Waals surface area contributed by atoms with Crippen molar-refractivity contribution in [3.05, 3.63) is 227 Å². The molecule has 0 atom stereocenters. The Kier molecular flexibility index (Phi) is 14.8. The third-order valence-electron chi connectivity index (χ3n) is 18.1. The lowest BCUT2D eigenvalue weighted by Gasteiger charge is -2.22. The quantitative estimate of drug-likeness (QED) is 0.125. The van der Waals surface area contributed by atoms with Crippen LogP contribution in [-0.4, -0.2) is 37.4 Å². The average Bonchev–Trinajstić information content (AvgIpc) is 1.63. The molecule has 0 fully saturated rings. The van der Waals surface area contributed by atoms with Crippen LogP contribution in [0.1, 0.15) is 66.0 Å². The summed E-state index contributed by atoms with van der Waals surface area (Å²) in [5.41, 5.74) is 17.3. The van der Waals surface area contributed by atoms with Crippen LogP contribution in [0.3, 0.4) is 0 Å². The van der Waals surface area contributed by atoms with Gasteiger partial charge in [-0.15, -0.1) is 0 Å². The smallest absolute Gasteiger partial charge is 0.447 e. The molecular weight excluding hydrogens is 1120 g/mol. The summed E-state index contributed by atoms with van der Waals surface area (Å²) in [6.45, 7) is 19.6. The van der Waals surface area contributed by atoms with E-state index in [1.165, 1.54) is 38.9 Å². The van der Waals surface area contributed by atoms with Crippen molar-refractivity contribution in [3.8, 4) is 0 Å². The van der Waals surface area contributed by atoms with Crippen molar-refractivity contribution in [3.63, 3.8) is 0 Å². The number of pyridine rings is 6. The Morgan fingerprint density at radius 3 is 1.33 bits per heavy atom. The Bertz CT molecular complexity index is 5090. The van der Waals surface area contributed by atoms with E-state index in [-0.39, 0.29) is 27.4 Å². The summed E-state index contributed by atoms with van der Waals surface area (Å²) < 4.78 is 55.1. The highest BCUT2D eigenvalue weighted by Gasteiger charge is 2.41. The summed E-state index contributed by atoms with van der Waals surface area (Å²) in [6.07, 6.45) is 24.7. The van der Waals surface area contributed by atoms with Gasteiger partial charge in [0.25, 0.3) is 23.3 Å². The van der Waals surface area contributed by atoms with Crippen LogP contribution in [-0.2, 0) is 28.2 Å². The van der Waals surface area contributed by atoms with Crippen LogP contribution in [0.5, 0.6) is 0 Å². The van der Waals surface area contributed by atoms with E-state index in [1.807, 2.05) is 86.3 Å². The molecule has 12 aromatic rings. The van der Waals surface area contributed by atoms with Gasteiger partial charge in [-0.1, -0.05) is 36.4 Å². The predicted octanol–water partition coefficient (Wildman–Crippen LogP) is 11.3. The molecule has 0 amide bonds. The van der Waals surface area contributed by atoms with Crippen LogP contribution in [0.2, 0.25) is 27.3 Å². The van der Waals surface area contributed by atoms with Crippen LogP contribution in [0.15, 0.2) is 183 Å². The lowest BCUT2D eigenvalue weighted by atomic mass is 9.54. The van der Waals surface area contributed by atoms with Crippen LogP contribution < -0.4 is 59.8 Å². The van der Waals surface area contributed by atoms with E-state index in [0.717, 1.165) is 107 Å². The number of nitrogens with zero attached hydrogens (tertiary/aromatic N) is 10. The topological polar surface area (TPSA) is 107 Å². The first-order chi connectivity index (χ1) is 45.0. The molecular formula is C73H76B4N10O4+4. The fourth-order valence-electron chi connectivity index (χ4n) is 13.0. The Morgan fingerprint density at radius 1 is 0.407 bits per heavy atom. The van der Waals surface area contributed by atoms with Crippen LogP contribution in [0, 0.1) is 48.4 Å². The van der Waals surface area contributed by atoms with Gasteiger partial charge in [-0.3, -0.25) is 19.2 Å². The third kappa shape index (κ3) is 11.1. The molecule has 14 heterocycles. The molecule has 0 aliphatic carbocycles. The minimum Gasteiger partial charge on any atom is -0.457 e. The minimum atomic E-state index is -2.10. The Labute approximate surface area is 538 Å². The molecule has 2 aromatic carbocycles. The zero-order chi connectivity index (χ0) is 66.2. The molecule has 18 heteroatoms. The summed E-state index contributed by atoms with van der Waals surface area (Å²) in [6, 6.07) is 39.0. The highest BCUT2D eigenvalue weighted by molar-refractivity contribution is 6.80. The normalized spacial score (nSPS) is 14.4. The fraction of sp³-hybridized carbons (Fsp3) is 0.205. The second-order valence-corrected chi connectivity index (χ2v) is 24.6. The van der Waals surface area contributed by atoms with E-state index in [4.69, 9.17) is 21.8 Å². The maximum absolute atomic E-state index is 7.57. The van der Waals surface area contributed by atoms with Crippen molar-refractivity contribution < 1.29 is 40.0 Å². The van der Waals surface area contributed by atoms with Crippen molar-refractivity contribution >= 4 is 141 Å². The number of anilines is 4. The lowest BCUT2D eigenvalue weighted by Crippen LogP contribution is -2.50. The summed E-state index contributed by atoms with van der Waals surface area (Å²) >= 11 is 0. The Morgan fingerprint density at radius 2 is 0.846 bits per heavy atom. The average molecular weight is 1200 g/mol. The van der Waals surface area contributed by atoms with E-state index >= 15 is 0 Å². The largest absolute Gasteiger partial charge is 0.457 e. The van der Waals surface area contributed by atoms with Crippen molar-refractivity contribution in [2.24, 2.45) is 28.2 Å². The first kappa shape index (κ1) is 56.2. The van der Waals surface area contributed by atoms with Crippen LogP contribution in [0.25, 0.3) is 68.4 Å². The summed E-state index contributed by atoms with van der Waals surface area (Å²) in [4.78, 5) is 18.0. The van der Waals surface area contributed by atoms with Crippen molar-refractivity contribution in [1.29, 1.82) is 0 Å². The molecule has 0 bridgehead atoms. The van der Waals surface area contributed by atoms with Gasteiger partial charge in [-0.2, -0.15) is 0 Å². The first-order valence-corrected chi connectivity index (χ1v) is 31.1. The monoisotopic (exact) mass is 1200 g/mol. The zero-order valence-electron chi connectivity index (χ0n) is 57.3. The van der Waals surface area contributed by atoms with Gasteiger partial charge in [0.1, 0.15) is 34.0 Å². The van der Waals surface area contributed by atoms with E-state index < -0.39 is 6.85 Å². The molecule has 0 saturated carbocycles. The van der Waals surface area contributed by atoms with Crippen LogP contribution in [0.4, 0.5) is 23.3 Å². The van der Waals surface area contributed by atoms with E-state index in [9.17, 15) is 0 Å². The number of aromatic nitrogens is 6. The van der Waals surface area contributed by atoms with Crippen molar-refractivity contribution in [2.75, 3.05) is 19.2 Å². The van der Waals surface area contributed by atoms with Gasteiger partial charge in [0.05, 0.1) is 77.8 Å². The summed E-state index contributed by atoms with van der Waals surface area (Å²) in [5, 5.41) is 4.49. The number of hydrogen-bond donors (Lipinski definition) is 0. The molecule has 450 valence electrons. The van der Waals surface area contributed by atoms with Gasteiger partial charge in [0.15, 0.2) is 0 Å². The summed E-state index contributed by atoms with van der Waals surface area (Å²) in [5.74, 6) is 6.25. The van der Waals surface area contributed by atoms with E-state index in [0.29, 0.717) is 5.56 Å². The summed E-state index contributed by atoms with van der Waals surface area (Å²) in [7, 11) is 8.10. The molecule has 4 aliphatic rings. The highest BCUT2D eigenvalue weighted by Crippen LogP contribution is 2.31. The van der Waals surface area contributed by atoms with Crippen molar-refractivity contribution in [2.45, 2.75) is 75.7 Å². The lowest BCUT2D eigenvalue weighted by molar-refractivity contribution is -0.658. The zero-order valence-corrected chi connectivity index (χ0v) is 54.3. The fourth-order valence-corrected chi connectivity index (χ4v) is 13.0. The number of aryl methyl sites for hydroxylation is 11. The van der Waals surface area contributed by atoms with E-state index in [2.05, 4.69) is 235 Å². The molecule has 0 spiro atoms. The minimum absolute atomic E-state index is 0.0773. The number of furan rings is 4. The molecule has 0 N–H and O–H groups in total. The standard InChI is InChI=1S/C19H21BN3O.C18H19BN3O.2C18H18BN2O/c1-12-10-17(22(5)11-13(12)2)23-9-8-15-16-7-6-14(3)21-19(16)24-18(15)20(23)4;1-12-7-9-21(4)16(11-12)22-10-8-14-15-6-5-13(2)20-18(15)23-17(14)19(22)3;1-13-8-10-20(3)17(12-13)21-11-9-16-18(19(21)2)14-6-4-5-7-15(14)22-16;1-13-8-9-17(20(3)12-13)21-11-10-16-18(19(21)2)14-6-4-5-7-15(14)22-16/h6-11H,1-5H3;5-11H,1-4H3;2*4-12H,1-3H3/q4*+1/i;;;1D3. The molecule has 0 unspecified atom stereocenters. The molecule has 14 nitrogen and oxygen atoms in total. The molecule has 10 aromatic heterocycles. The Balaban J connectivity index is 0.000000114. The molecule has 0 radical (unpaired) electrons. The molecule has 0 saturated heterocycles. The first-order valence-electron chi connectivity index (χ1n) is 32.6. The molecule has 4 aliphatic heterocycles. The SMILES string of the molecule is CB1c2c(oc3ccccc23)C=CN1c1cc(C)cc[n+]1C.CB1c2oc3nc(C)ccc3c2C=CN1c1cc(C)c(C)c[n+]1C.CB1c2oc3nc(C)ccc3c2C=CN1c1cc(C)cc[n+]1C.[2H]C([2H])([2H])c1ccc(N2C=Cc3oc4ccccc4c3B2C)[n+](C)c1. The highest BCUT2D eigenvalue weighted by atomic mass is 16.4. The predicted molar refractivity (Wildman–Crippen MR) is 375 cm³/mol. The van der Waals surface area contributed by atoms with Gasteiger partial charge >= 0.3 is 27.4 Å². The van der Waals surface area contributed by atoms with Gasteiger partial charge < -0.3 is 17.7 Å². The molecule has 91 heavy (non-hydrogen) atoms. The van der Waals surface area contributed by atoms with Gasteiger partial charge in [0, 0.05) is 95.5 Å². The molecule has 16 rings (SSSR count). The number of rotatable bonds is 4. The Hall–Kier alpha value is -10.1. The van der Waals surface area contributed by atoms with Gasteiger partial charge in [0.2, 0.25) is 11.4 Å². The number of hydrogen-bond acceptors (Lipinski definition) is 10. The maximum Gasteiger partial charge on any atom is 0.447 e. The second kappa shape index (κ2) is 24.0. The van der Waals surface area contributed by atoms with Gasteiger partial charge in [-0.25, -0.2) is 28.2 Å². The maximum atomic E-state index is 7.57. The number of fused-ring (bicyclic) bond motifs is 12. The van der Waals surface area contributed by atoms with Crippen molar-refractivity contribution in [1.82, 2.24) is 9.97 Å². The number of para-hydroxylation sites is 2. The second-order valence-electron chi connectivity index (χ2n) is 24.6. The third-order valence-corrected chi connectivity index (χ3v) is 18.1. The number of benzene rings is 2. The van der Waals surface area contributed by atoms with Crippen LogP contribution >= 0.6 is 0 Å². The van der Waals surface area contributed by atoms with E-state index in [1.54, 1.807) is 12.3 Å². The van der Waals surface area contributed by atoms with Gasteiger partial charge in [-0.05, 0) is 170 Å².